The number of rotatable bonds is 3. The van der Waals surface area contributed by atoms with E-state index in [2.05, 4.69) is 15.9 Å². The van der Waals surface area contributed by atoms with Crippen molar-refractivity contribution in [2.45, 2.75) is 64.6 Å². The number of carbonyl (C=O) groups is 1. The lowest BCUT2D eigenvalue weighted by molar-refractivity contribution is 0.0144. The van der Waals surface area contributed by atoms with Crippen molar-refractivity contribution in [2.24, 2.45) is 0 Å². The van der Waals surface area contributed by atoms with E-state index in [1.54, 1.807) is 11.0 Å². The van der Waals surface area contributed by atoms with Crippen molar-refractivity contribution in [3.05, 3.63) is 34.1 Å². The molecule has 5 heteroatoms. The second-order valence-electron chi connectivity index (χ2n) is 6.79. The predicted octanol–water partition coefficient (Wildman–Crippen LogP) is 5.27. The summed E-state index contributed by atoms with van der Waals surface area (Å²) in [5.41, 5.74) is 0.247. The number of nitrogens with zero attached hydrogens (tertiary/aromatic N) is 1. The SMILES string of the molecule is CC(C)(C)OC(=O)N(Cc1ccc(Br)c(F)c1)C1CCCC1. The van der Waals surface area contributed by atoms with Crippen molar-refractivity contribution >= 4 is 22.0 Å². The van der Waals surface area contributed by atoms with E-state index < -0.39 is 5.60 Å². The molecule has 0 spiro atoms. The smallest absolute Gasteiger partial charge is 0.410 e. The van der Waals surface area contributed by atoms with E-state index in [1.807, 2.05) is 26.8 Å². The number of hydrogen-bond acceptors (Lipinski definition) is 2. The summed E-state index contributed by atoms with van der Waals surface area (Å²) in [5, 5.41) is 0. The van der Waals surface area contributed by atoms with E-state index in [0.29, 0.717) is 11.0 Å². The quantitative estimate of drug-likeness (QED) is 0.724. The van der Waals surface area contributed by atoms with Crippen LogP contribution in [0.15, 0.2) is 22.7 Å². The van der Waals surface area contributed by atoms with Crippen LogP contribution in [0.5, 0.6) is 0 Å². The average molecular weight is 372 g/mol. The first kappa shape index (κ1) is 17.3. The monoisotopic (exact) mass is 371 g/mol. The van der Waals surface area contributed by atoms with Gasteiger partial charge in [0.25, 0.3) is 0 Å². The molecule has 1 saturated carbocycles. The Balaban J connectivity index is 2.16. The molecule has 0 radical (unpaired) electrons. The van der Waals surface area contributed by atoms with Crippen LogP contribution in [-0.4, -0.2) is 22.6 Å². The molecule has 0 unspecified atom stereocenters. The molecule has 1 aliphatic rings. The van der Waals surface area contributed by atoms with Crippen LogP contribution in [0.1, 0.15) is 52.0 Å². The summed E-state index contributed by atoms with van der Waals surface area (Å²) < 4.78 is 19.7. The highest BCUT2D eigenvalue weighted by atomic mass is 79.9. The highest BCUT2D eigenvalue weighted by Crippen LogP contribution is 2.27. The van der Waals surface area contributed by atoms with E-state index >= 15 is 0 Å². The summed E-state index contributed by atoms with van der Waals surface area (Å²) in [7, 11) is 0. The van der Waals surface area contributed by atoms with Crippen LogP contribution in [0, 0.1) is 5.82 Å². The zero-order chi connectivity index (χ0) is 16.3. The summed E-state index contributed by atoms with van der Waals surface area (Å²) in [6, 6.07) is 5.16. The number of amides is 1. The fraction of sp³-hybridized carbons (Fsp3) is 0.588. The number of benzene rings is 1. The molecular formula is C17H23BrFNO2. The normalized spacial score (nSPS) is 15.9. The lowest BCUT2D eigenvalue weighted by Gasteiger charge is -2.31. The molecule has 3 nitrogen and oxygen atoms in total. The molecule has 0 aliphatic heterocycles. The van der Waals surface area contributed by atoms with Crippen molar-refractivity contribution in [2.75, 3.05) is 0 Å². The van der Waals surface area contributed by atoms with Gasteiger partial charge in [-0.1, -0.05) is 18.9 Å². The lowest BCUT2D eigenvalue weighted by Crippen LogP contribution is -2.41. The molecule has 0 saturated heterocycles. The Morgan fingerprint density at radius 3 is 2.55 bits per heavy atom. The summed E-state index contributed by atoms with van der Waals surface area (Å²) in [4.78, 5) is 14.3. The van der Waals surface area contributed by atoms with Gasteiger partial charge in [0, 0.05) is 12.6 Å². The van der Waals surface area contributed by atoms with Crippen molar-refractivity contribution < 1.29 is 13.9 Å². The third-order valence-corrected chi connectivity index (χ3v) is 4.37. The van der Waals surface area contributed by atoms with E-state index in [9.17, 15) is 9.18 Å². The van der Waals surface area contributed by atoms with Crippen LogP contribution >= 0.6 is 15.9 Å². The predicted molar refractivity (Wildman–Crippen MR) is 88.1 cm³/mol. The van der Waals surface area contributed by atoms with Crippen molar-refractivity contribution in [1.29, 1.82) is 0 Å². The number of carbonyl (C=O) groups excluding carboxylic acids is 1. The van der Waals surface area contributed by atoms with E-state index in [4.69, 9.17) is 4.74 Å². The highest BCUT2D eigenvalue weighted by Gasteiger charge is 2.30. The maximum Gasteiger partial charge on any atom is 0.410 e. The maximum absolute atomic E-state index is 13.7. The number of hydrogen-bond donors (Lipinski definition) is 0. The van der Waals surface area contributed by atoms with Gasteiger partial charge in [-0.15, -0.1) is 0 Å². The molecule has 122 valence electrons. The van der Waals surface area contributed by atoms with Crippen LogP contribution in [-0.2, 0) is 11.3 Å². The molecule has 0 heterocycles. The minimum absolute atomic E-state index is 0.182. The fourth-order valence-corrected chi connectivity index (χ4v) is 2.96. The molecule has 1 aromatic carbocycles. The fourth-order valence-electron chi connectivity index (χ4n) is 2.71. The minimum atomic E-state index is -0.529. The largest absolute Gasteiger partial charge is 0.444 e. The Bertz CT molecular complexity index is 536. The average Bonchev–Trinajstić information content (AvgIpc) is 2.91. The zero-order valence-corrected chi connectivity index (χ0v) is 15.0. The molecule has 1 aromatic rings. The van der Waals surface area contributed by atoms with Gasteiger partial charge in [0.05, 0.1) is 4.47 Å². The summed E-state index contributed by atoms with van der Waals surface area (Å²) in [5.74, 6) is -0.312. The molecule has 1 fully saturated rings. The highest BCUT2D eigenvalue weighted by molar-refractivity contribution is 9.10. The van der Waals surface area contributed by atoms with Crippen LogP contribution in [0.2, 0.25) is 0 Å². The Hall–Kier alpha value is -1.10. The van der Waals surface area contributed by atoms with E-state index in [1.165, 1.54) is 6.07 Å². The van der Waals surface area contributed by atoms with E-state index in [0.717, 1.165) is 31.2 Å². The number of ether oxygens (including phenoxy) is 1. The Morgan fingerprint density at radius 2 is 2.00 bits per heavy atom. The van der Waals surface area contributed by atoms with Gasteiger partial charge in [-0.2, -0.15) is 0 Å². The van der Waals surface area contributed by atoms with Crippen LogP contribution in [0.25, 0.3) is 0 Å². The number of halogens is 2. The van der Waals surface area contributed by atoms with Gasteiger partial charge >= 0.3 is 6.09 Å². The van der Waals surface area contributed by atoms with Crippen LogP contribution < -0.4 is 0 Å². The van der Waals surface area contributed by atoms with E-state index in [-0.39, 0.29) is 18.0 Å². The summed E-state index contributed by atoms with van der Waals surface area (Å²) in [6.07, 6.45) is 3.90. The molecule has 2 rings (SSSR count). The third kappa shape index (κ3) is 4.70. The lowest BCUT2D eigenvalue weighted by atomic mass is 10.1. The van der Waals surface area contributed by atoms with Gasteiger partial charge < -0.3 is 9.64 Å². The third-order valence-electron chi connectivity index (χ3n) is 3.73. The van der Waals surface area contributed by atoms with Gasteiger partial charge in [0.2, 0.25) is 0 Å². The van der Waals surface area contributed by atoms with Crippen LogP contribution in [0.4, 0.5) is 9.18 Å². The van der Waals surface area contributed by atoms with Crippen molar-refractivity contribution in [3.8, 4) is 0 Å². The molecule has 1 aliphatic carbocycles. The summed E-state index contributed by atoms with van der Waals surface area (Å²) >= 11 is 3.15. The minimum Gasteiger partial charge on any atom is -0.444 e. The molecule has 1 amide bonds. The first-order valence-corrected chi connectivity index (χ1v) is 8.49. The van der Waals surface area contributed by atoms with Gasteiger partial charge in [-0.05, 0) is 67.2 Å². The standard InChI is InChI=1S/C17H23BrFNO2/c1-17(2,3)22-16(21)20(13-6-4-5-7-13)11-12-8-9-14(18)15(19)10-12/h8-10,13H,4-7,11H2,1-3H3. The topological polar surface area (TPSA) is 29.5 Å². The maximum atomic E-state index is 13.7. The Kier molecular flexibility index (Phi) is 5.48. The van der Waals surface area contributed by atoms with Gasteiger partial charge in [0.15, 0.2) is 0 Å². The first-order valence-electron chi connectivity index (χ1n) is 7.70. The molecule has 0 bridgehead atoms. The van der Waals surface area contributed by atoms with Gasteiger partial charge in [-0.3, -0.25) is 0 Å². The van der Waals surface area contributed by atoms with Gasteiger partial charge in [0.1, 0.15) is 11.4 Å². The molecule has 22 heavy (non-hydrogen) atoms. The summed E-state index contributed by atoms with van der Waals surface area (Å²) in [6.45, 7) is 5.95. The Labute approximate surface area is 140 Å². The first-order chi connectivity index (χ1) is 10.3. The zero-order valence-electron chi connectivity index (χ0n) is 13.4. The van der Waals surface area contributed by atoms with Crippen LogP contribution in [0.3, 0.4) is 0 Å². The molecular weight excluding hydrogens is 349 g/mol. The molecule has 0 N–H and O–H groups in total. The second-order valence-corrected chi connectivity index (χ2v) is 7.65. The molecule has 0 aromatic heterocycles. The van der Waals surface area contributed by atoms with Crippen molar-refractivity contribution in [1.82, 2.24) is 4.90 Å². The molecule has 0 atom stereocenters. The Morgan fingerprint density at radius 1 is 1.36 bits per heavy atom. The second kappa shape index (κ2) is 6.99. The van der Waals surface area contributed by atoms with Gasteiger partial charge in [-0.25, -0.2) is 9.18 Å². The van der Waals surface area contributed by atoms with Crippen molar-refractivity contribution in [3.63, 3.8) is 0 Å².